The summed E-state index contributed by atoms with van der Waals surface area (Å²) in [6.07, 6.45) is 2.20. The molecule has 0 aliphatic rings. The molecule has 28 heavy (non-hydrogen) atoms. The predicted molar refractivity (Wildman–Crippen MR) is 113 cm³/mol. The molecule has 3 aromatic heterocycles. The highest BCUT2D eigenvalue weighted by atomic mass is 16.3. The van der Waals surface area contributed by atoms with Gasteiger partial charge in [-0.05, 0) is 43.2 Å². The average Bonchev–Trinajstić information content (AvgIpc) is 3.07. The lowest BCUT2D eigenvalue weighted by atomic mass is 9.99. The van der Waals surface area contributed by atoms with Crippen LogP contribution in [0.15, 0.2) is 77.3 Å². The minimum atomic E-state index is 0.697. The maximum atomic E-state index is 6.20. The minimum Gasteiger partial charge on any atom is -0.437 e. The second-order valence-corrected chi connectivity index (χ2v) is 7.32. The summed E-state index contributed by atoms with van der Waals surface area (Å²) in [6, 6.07) is 23.2. The van der Waals surface area contributed by atoms with Crippen molar-refractivity contribution in [2.45, 2.75) is 13.8 Å². The molecule has 5 rings (SSSR count). The summed E-state index contributed by atoms with van der Waals surface area (Å²) in [5, 5.41) is 2.16. The van der Waals surface area contributed by atoms with E-state index >= 15 is 0 Å². The summed E-state index contributed by atoms with van der Waals surface area (Å²) in [5.74, 6) is 0. The average molecular weight is 365 g/mol. The molecule has 0 radical (unpaired) electrons. The van der Waals surface area contributed by atoms with Gasteiger partial charge in [0.05, 0.1) is 5.56 Å². The summed E-state index contributed by atoms with van der Waals surface area (Å²) < 4.78 is 8.38. The second kappa shape index (κ2) is 6.31. The van der Waals surface area contributed by atoms with Crippen molar-refractivity contribution in [2.24, 2.45) is 7.05 Å². The van der Waals surface area contributed by atoms with Crippen molar-refractivity contribution in [3.63, 3.8) is 0 Å². The van der Waals surface area contributed by atoms with Gasteiger partial charge in [-0.25, -0.2) is 9.55 Å². The van der Waals surface area contributed by atoms with Crippen LogP contribution < -0.4 is 4.57 Å². The van der Waals surface area contributed by atoms with Crippen LogP contribution in [0.5, 0.6) is 0 Å². The fraction of sp³-hybridized carbons (Fsp3) is 0.120. The van der Waals surface area contributed by atoms with Crippen molar-refractivity contribution in [3.8, 4) is 22.4 Å². The largest absolute Gasteiger partial charge is 0.437 e. The van der Waals surface area contributed by atoms with Gasteiger partial charge in [0.2, 0.25) is 11.4 Å². The van der Waals surface area contributed by atoms with Crippen molar-refractivity contribution in [3.05, 3.63) is 84.2 Å². The van der Waals surface area contributed by atoms with Gasteiger partial charge < -0.3 is 4.42 Å². The number of fused-ring (bicyclic) bond motifs is 3. The number of rotatable bonds is 2. The molecule has 0 aliphatic carbocycles. The molecule has 0 saturated heterocycles. The second-order valence-electron chi connectivity index (χ2n) is 7.32. The molecule has 0 bridgehead atoms. The molecule has 0 saturated carbocycles. The van der Waals surface area contributed by atoms with Gasteiger partial charge in [-0.1, -0.05) is 42.5 Å². The van der Waals surface area contributed by atoms with Crippen LogP contribution in [0, 0.1) is 13.8 Å². The third-order valence-corrected chi connectivity index (χ3v) is 5.34. The Labute approximate surface area is 163 Å². The fourth-order valence-corrected chi connectivity index (χ4v) is 3.91. The first-order valence-electron chi connectivity index (χ1n) is 9.47. The number of benzene rings is 2. The van der Waals surface area contributed by atoms with Crippen molar-refractivity contribution in [2.75, 3.05) is 0 Å². The molecule has 0 aliphatic heterocycles. The van der Waals surface area contributed by atoms with E-state index in [9.17, 15) is 0 Å². The highest BCUT2D eigenvalue weighted by Gasteiger charge is 2.20. The lowest BCUT2D eigenvalue weighted by Crippen LogP contribution is -2.31. The van der Waals surface area contributed by atoms with Crippen molar-refractivity contribution in [1.82, 2.24) is 4.98 Å². The minimum absolute atomic E-state index is 0.697. The maximum Gasteiger partial charge on any atom is 0.227 e. The number of hydrogen-bond donors (Lipinski definition) is 0. The summed E-state index contributed by atoms with van der Waals surface area (Å²) in [6.45, 7) is 4.15. The van der Waals surface area contributed by atoms with E-state index in [1.165, 1.54) is 16.7 Å². The molecule has 3 nitrogen and oxygen atoms in total. The van der Waals surface area contributed by atoms with Crippen molar-refractivity contribution in [1.29, 1.82) is 0 Å². The van der Waals surface area contributed by atoms with Gasteiger partial charge in [0.15, 0.2) is 11.8 Å². The molecule has 3 heteroatoms. The van der Waals surface area contributed by atoms with Gasteiger partial charge in [-0.2, -0.15) is 0 Å². The smallest absolute Gasteiger partial charge is 0.227 e. The molecule has 0 spiro atoms. The van der Waals surface area contributed by atoms with Crippen LogP contribution in [0.2, 0.25) is 0 Å². The van der Waals surface area contributed by atoms with E-state index in [2.05, 4.69) is 84.3 Å². The molecule has 0 fully saturated rings. The summed E-state index contributed by atoms with van der Waals surface area (Å²) in [7, 11) is 2.09. The number of pyridine rings is 2. The Morgan fingerprint density at radius 3 is 2.46 bits per heavy atom. The number of furan rings is 1. The molecule has 136 valence electrons. The van der Waals surface area contributed by atoms with E-state index < -0.39 is 0 Å². The number of para-hydroxylation sites is 1. The summed E-state index contributed by atoms with van der Waals surface area (Å²) in [4.78, 5) is 4.57. The lowest BCUT2D eigenvalue weighted by Gasteiger charge is -2.08. The highest BCUT2D eigenvalue weighted by molar-refractivity contribution is 6.08. The third kappa shape index (κ3) is 2.59. The van der Waals surface area contributed by atoms with E-state index in [4.69, 9.17) is 4.42 Å². The number of aromatic nitrogens is 2. The molecule has 0 N–H and O–H groups in total. The Balaban J connectivity index is 1.74. The summed E-state index contributed by atoms with van der Waals surface area (Å²) >= 11 is 0. The normalized spacial score (nSPS) is 11.4. The van der Waals surface area contributed by atoms with Crippen LogP contribution in [-0.4, -0.2) is 4.98 Å². The highest BCUT2D eigenvalue weighted by Crippen LogP contribution is 2.35. The van der Waals surface area contributed by atoms with E-state index in [1.54, 1.807) is 0 Å². The van der Waals surface area contributed by atoms with Crippen molar-refractivity contribution >= 4 is 22.1 Å². The lowest BCUT2D eigenvalue weighted by molar-refractivity contribution is -0.659. The first kappa shape index (κ1) is 16.7. The fourth-order valence-electron chi connectivity index (χ4n) is 3.91. The van der Waals surface area contributed by atoms with Crippen LogP contribution in [0.25, 0.3) is 44.5 Å². The van der Waals surface area contributed by atoms with Crippen LogP contribution >= 0.6 is 0 Å². The van der Waals surface area contributed by atoms with Gasteiger partial charge in [0, 0.05) is 28.1 Å². The zero-order chi connectivity index (χ0) is 19.3. The van der Waals surface area contributed by atoms with Gasteiger partial charge in [-0.3, -0.25) is 0 Å². The molecular weight excluding hydrogens is 344 g/mol. The van der Waals surface area contributed by atoms with Gasteiger partial charge in [0.25, 0.3) is 0 Å². The number of aryl methyl sites for hydroxylation is 3. The molecule has 0 unspecified atom stereocenters. The monoisotopic (exact) mass is 365 g/mol. The number of nitrogens with zero attached hydrogens (tertiary/aromatic N) is 2. The predicted octanol–water partition coefficient (Wildman–Crippen LogP) is 5.76. The zero-order valence-corrected chi connectivity index (χ0v) is 16.2. The van der Waals surface area contributed by atoms with Gasteiger partial charge in [0.1, 0.15) is 7.05 Å². The third-order valence-electron chi connectivity index (χ3n) is 5.34. The molecule has 2 aromatic carbocycles. The van der Waals surface area contributed by atoms with Crippen LogP contribution in [0.1, 0.15) is 11.3 Å². The topological polar surface area (TPSA) is 29.9 Å². The van der Waals surface area contributed by atoms with E-state index in [0.717, 1.165) is 33.3 Å². The maximum absolute atomic E-state index is 6.20. The molecule has 0 atom stereocenters. The van der Waals surface area contributed by atoms with E-state index in [0.29, 0.717) is 5.71 Å². The Morgan fingerprint density at radius 1 is 0.821 bits per heavy atom. The summed E-state index contributed by atoms with van der Waals surface area (Å²) in [5.41, 5.74) is 8.45. The molecule has 3 heterocycles. The van der Waals surface area contributed by atoms with Crippen LogP contribution in [0.4, 0.5) is 0 Å². The van der Waals surface area contributed by atoms with Crippen LogP contribution in [-0.2, 0) is 7.05 Å². The Kier molecular flexibility index (Phi) is 3.76. The SMILES string of the molecule is Cc1ccc2c(n1)oc1c(-c3cc(C)c(-c4ccccc4)c[n+]3C)cccc12. The first-order chi connectivity index (χ1) is 13.6. The van der Waals surface area contributed by atoms with Crippen molar-refractivity contribution < 1.29 is 8.98 Å². The van der Waals surface area contributed by atoms with E-state index in [-0.39, 0.29) is 0 Å². The van der Waals surface area contributed by atoms with Gasteiger partial charge in [-0.15, -0.1) is 0 Å². The first-order valence-corrected chi connectivity index (χ1v) is 9.47. The van der Waals surface area contributed by atoms with Crippen LogP contribution in [0.3, 0.4) is 0 Å². The molecule has 5 aromatic rings. The zero-order valence-electron chi connectivity index (χ0n) is 16.2. The Bertz CT molecular complexity index is 1330. The Hall–Kier alpha value is -3.46. The van der Waals surface area contributed by atoms with Gasteiger partial charge >= 0.3 is 0 Å². The van der Waals surface area contributed by atoms with E-state index in [1.807, 2.05) is 19.1 Å². The Morgan fingerprint density at radius 2 is 1.64 bits per heavy atom. The molecular formula is C25H21N2O+. The quantitative estimate of drug-likeness (QED) is 0.373. The number of hydrogen-bond acceptors (Lipinski definition) is 2. The molecule has 0 amide bonds. The standard InChI is InChI=1S/C25H21N2O/c1-16-14-23(27(3)15-22(16)18-8-5-4-6-9-18)21-11-7-10-19-20-13-12-17(2)26-25(20)28-24(19)21/h4-15H,1-3H3/q+1.